The maximum absolute atomic E-state index is 12.9. The molecule has 2 aromatic rings. The zero-order valence-electron chi connectivity index (χ0n) is 13.8. The summed E-state index contributed by atoms with van der Waals surface area (Å²) in [5.41, 5.74) is 0.759. The van der Waals surface area contributed by atoms with Gasteiger partial charge >= 0.3 is 5.97 Å². The average molecular weight is 370 g/mol. The largest absolute Gasteiger partial charge is 0.460 e. The third kappa shape index (κ3) is 2.53. The van der Waals surface area contributed by atoms with Gasteiger partial charge in [-0.15, -0.1) is 0 Å². The molecule has 130 valence electrons. The lowest BCUT2D eigenvalue weighted by Gasteiger charge is -2.09. The topological polar surface area (TPSA) is 87.2 Å². The Morgan fingerprint density at radius 2 is 2.08 bits per heavy atom. The number of hydrogen-bond acceptors (Lipinski definition) is 6. The number of ether oxygens (including phenoxy) is 1. The lowest BCUT2D eigenvalue weighted by Crippen LogP contribution is -2.16. The fraction of sp³-hybridized carbons (Fsp3) is 0.111. The molecule has 0 saturated heterocycles. The van der Waals surface area contributed by atoms with E-state index in [-0.39, 0.29) is 11.3 Å². The first-order valence-corrected chi connectivity index (χ1v) is 8.09. The van der Waals surface area contributed by atoms with Gasteiger partial charge in [0.05, 0.1) is 10.4 Å². The van der Waals surface area contributed by atoms with E-state index in [9.17, 15) is 9.59 Å². The number of hydrogen-bond donors (Lipinski definition) is 0. The average Bonchev–Trinajstić information content (AvgIpc) is 2.93. The maximum Gasteiger partial charge on any atom is 0.308 e. The van der Waals surface area contributed by atoms with Crippen molar-refractivity contribution in [2.75, 3.05) is 0 Å². The molecule has 3 heterocycles. The standard InChI is InChI=1S/C18H12ClN3O4/c1-9-15-17(16-12(25-9)4-3-5-13(16)26-10(2)23)21-22(18(15)24)14-7-6-11(19)8-20-14/h3-8H,1-2H3. The molecule has 0 unspecified atom stereocenters. The molecular weight excluding hydrogens is 358 g/mol. The Hall–Kier alpha value is -3.19. The monoisotopic (exact) mass is 369 g/mol. The van der Waals surface area contributed by atoms with Crippen molar-refractivity contribution >= 4 is 28.5 Å². The fourth-order valence-corrected chi connectivity index (χ4v) is 2.94. The van der Waals surface area contributed by atoms with E-state index in [2.05, 4.69) is 10.1 Å². The third-order valence-electron chi connectivity index (χ3n) is 3.87. The van der Waals surface area contributed by atoms with Crippen molar-refractivity contribution in [2.24, 2.45) is 0 Å². The molecule has 0 bridgehead atoms. The molecule has 0 radical (unpaired) electrons. The van der Waals surface area contributed by atoms with Gasteiger partial charge in [-0.3, -0.25) is 9.59 Å². The van der Waals surface area contributed by atoms with Gasteiger partial charge < -0.3 is 9.15 Å². The van der Waals surface area contributed by atoms with Crippen LogP contribution in [0.5, 0.6) is 5.75 Å². The van der Waals surface area contributed by atoms with Crippen LogP contribution in [-0.2, 0) is 4.79 Å². The van der Waals surface area contributed by atoms with E-state index in [4.69, 9.17) is 20.8 Å². The van der Waals surface area contributed by atoms with Crippen LogP contribution in [0.1, 0.15) is 12.7 Å². The second kappa shape index (κ2) is 5.96. The van der Waals surface area contributed by atoms with Gasteiger partial charge in [-0.05, 0) is 31.2 Å². The van der Waals surface area contributed by atoms with E-state index >= 15 is 0 Å². The van der Waals surface area contributed by atoms with Crippen molar-refractivity contribution in [1.82, 2.24) is 14.8 Å². The van der Waals surface area contributed by atoms with E-state index in [0.29, 0.717) is 38.8 Å². The summed E-state index contributed by atoms with van der Waals surface area (Å²) in [5, 5.41) is 5.32. The molecule has 0 saturated carbocycles. The summed E-state index contributed by atoms with van der Waals surface area (Å²) in [6.45, 7) is 2.99. The van der Waals surface area contributed by atoms with Crippen molar-refractivity contribution < 1.29 is 13.9 Å². The number of esters is 1. The number of halogens is 1. The number of aromatic nitrogens is 3. The third-order valence-corrected chi connectivity index (χ3v) is 4.09. The van der Waals surface area contributed by atoms with Crippen LogP contribution in [-0.4, -0.2) is 20.7 Å². The lowest BCUT2D eigenvalue weighted by atomic mass is 10.1. The number of pyridine rings is 1. The van der Waals surface area contributed by atoms with Gasteiger partial charge in [-0.1, -0.05) is 17.7 Å². The molecule has 4 rings (SSSR count). The zero-order valence-corrected chi connectivity index (χ0v) is 14.6. The van der Waals surface area contributed by atoms with E-state index in [1.807, 2.05) is 0 Å². The van der Waals surface area contributed by atoms with E-state index in [1.165, 1.54) is 17.8 Å². The van der Waals surface area contributed by atoms with Crippen molar-refractivity contribution in [3.8, 4) is 22.8 Å². The first-order chi connectivity index (χ1) is 12.5. The number of fused-ring (bicyclic) bond motifs is 3. The summed E-state index contributed by atoms with van der Waals surface area (Å²) in [7, 11) is 0. The van der Waals surface area contributed by atoms with E-state index in [0.717, 1.165) is 0 Å². The molecule has 1 aromatic carbocycles. The predicted molar refractivity (Wildman–Crippen MR) is 95.1 cm³/mol. The van der Waals surface area contributed by atoms with Crippen LogP contribution in [0, 0.1) is 6.92 Å². The molecule has 2 aliphatic rings. The highest BCUT2D eigenvalue weighted by Crippen LogP contribution is 2.36. The number of nitrogens with zero attached hydrogens (tertiary/aromatic N) is 3. The summed E-state index contributed by atoms with van der Waals surface area (Å²) in [6, 6.07) is 8.26. The van der Waals surface area contributed by atoms with Crippen LogP contribution < -0.4 is 10.3 Å². The molecule has 7 nitrogen and oxygen atoms in total. The van der Waals surface area contributed by atoms with Gasteiger partial charge in [-0.2, -0.15) is 9.78 Å². The molecule has 0 spiro atoms. The lowest BCUT2D eigenvalue weighted by molar-refractivity contribution is -0.131. The maximum atomic E-state index is 12.9. The van der Waals surface area contributed by atoms with Crippen LogP contribution in [0.15, 0.2) is 45.7 Å². The summed E-state index contributed by atoms with van der Waals surface area (Å²) in [6.07, 6.45) is 1.43. The number of aryl methyl sites for hydroxylation is 1. The van der Waals surface area contributed by atoms with Gasteiger partial charge in [0.25, 0.3) is 5.56 Å². The van der Waals surface area contributed by atoms with Gasteiger partial charge in [-0.25, -0.2) is 4.98 Å². The molecule has 0 N–H and O–H groups in total. The minimum atomic E-state index is -0.479. The molecule has 0 aliphatic carbocycles. The van der Waals surface area contributed by atoms with Gasteiger partial charge in [0.2, 0.25) is 0 Å². The van der Waals surface area contributed by atoms with Crippen molar-refractivity contribution in [2.45, 2.75) is 13.8 Å². The Bertz CT molecular complexity index is 1180. The number of carbonyl (C=O) groups excluding carboxylic acids is 1. The summed E-state index contributed by atoms with van der Waals surface area (Å²) >= 11 is 5.86. The predicted octanol–water partition coefficient (Wildman–Crippen LogP) is 3.37. The van der Waals surface area contributed by atoms with Crippen LogP contribution in [0.2, 0.25) is 5.02 Å². The highest BCUT2D eigenvalue weighted by Gasteiger charge is 2.26. The van der Waals surface area contributed by atoms with Crippen LogP contribution >= 0.6 is 11.6 Å². The van der Waals surface area contributed by atoms with Gasteiger partial charge in [0, 0.05) is 13.1 Å². The Morgan fingerprint density at radius 3 is 2.77 bits per heavy atom. The van der Waals surface area contributed by atoms with Crippen LogP contribution in [0.25, 0.3) is 28.0 Å². The molecule has 8 heteroatoms. The Morgan fingerprint density at radius 1 is 1.27 bits per heavy atom. The fourth-order valence-electron chi connectivity index (χ4n) is 2.83. The van der Waals surface area contributed by atoms with Crippen molar-refractivity contribution in [3.63, 3.8) is 0 Å². The van der Waals surface area contributed by atoms with Crippen LogP contribution in [0.3, 0.4) is 0 Å². The van der Waals surface area contributed by atoms with Crippen LogP contribution in [0.4, 0.5) is 0 Å². The smallest absolute Gasteiger partial charge is 0.308 e. The quantitative estimate of drug-likeness (QED) is 0.397. The highest BCUT2D eigenvalue weighted by molar-refractivity contribution is 6.30. The molecule has 2 aliphatic heterocycles. The zero-order chi connectivity index (χ0) is 18.4. The number of benzene rings is 1. The summed E-state index contributed by atoms with van der Waals surface area (Å²) < 4.78 is 12.2. The minimum absolute atomic E-state index is 0.275. The normalized spacial score (nSPS) is 11.2. The Kier molecular flexibility index (Phi) is 3.73. The summed E-state index contributed by atoms with van der Waals surface area (Å²) in [4.78, 5) is 28.4. The van der Waals surface area contributed by atoms with Crippen molar-refractivity contribution in [3.05, 3.63) is 57.7 Å². The minimum Gasteiger partial charge on any atom is -0.460 e. The van der Waals surface area contributed by atoms with E-state index in [1.54, 1.807) is 37.3 Å². The number of rotatable bonds is 2. The van der Waals surface area contributed by atoms with Gasteiger partial charge in [0.1, 0.15) is 28.4 Å². The second-order valence-electron chi connectivity index (χ2n) is 5.66. The highest BCUT2D eigenvalue weighted by atomic mass is 35.5. The molecular formula is C18H12ClN3O4. The second-order valence-corrected chi connectivity index (χ2v) is 6.09. The Balaban J connectivity index is 2.08. The number of carbonyl (C=O) groups is 1. The van der Waals surface area contributed by atoms with Gasteiger partial charge in [0.15, 0.2) is 5.82 Å². The molecule has 26 heavy (non-hydrogen) atoms. The van der Waals surface area contributed by atoms with Crippen molar-refractivity contribution in [1.29, 1.82) is 0 Å². The molecule has 0 fully saturated rings. The summed E-state index contributed by atoms with van der Waals surface area (Å²) in [5.74, 6) is 0.538. The Labute approximate surface area is 152 Å². The molecule has 0 amide bonds. The molecule has 0 atom stereocenters. The van der Waals surface area contributed by atoms with E-state index < -0.39 is 5.97 Å². The SMILES string of the molecule is CC(=O)Oc1cccc2oc(C)c3c(=O)n(-c4ccc(Cl)cn4)nc-3c12. The molecule has 1 aromatic heterocycles. The first kappa shape index (κ1) is 16.3. The first-order valence-electron chi connectivity index (χ1n) is 7.71.